The quantitative estimate of drug-likeness (QED) is 0.306. The van der Waals surface area contributed by atoms with Crippen molar-refractivity contribution >= 4 is 23.7 Å². The number of methoxy groups -OCH3 is 1. The summed E-state index contributed by atoms with van der Waals surface area (Å²) >= 11 is 0. The number of likely N-dealkylation sites (tertiary alicyclic amines) is 1. The molecule has 1 heterocycles. The highest BCUT2D eigenvalue weighted by molar-refractivity contribution is 5.94. The molecule has 10 heteroatoms. The molecule has 240 valence electrons. The summed E-state index contributed by atoms with van der Waals surface area (Å²) in [5.41, 5.74) is -0.720. The Labute approximate surface area is 256 Å². The predicted octanol–water partition coefficient (Wildman–Crippen LogP) is 3.21. The molecule has 1 aromatic carbocycles. The molecular formula is C33H52N4O6. The van der Waals surface area contributed by atoms with E-state index in [1.807, 2.05) is 51.1 Å². The number of nitrogens with zero attached hydrogens (tertiary/aromatic N) is 1. The number of fused-ring (bicyclic) bond motifs is 1. The molecule has 1 aliphatic heterocycles. The van der Waals surface area contributed by atoms with E-state index >= 15 is 0 Å². The van der Waals surface area contributed by atoms with Gasteiger partial charge in [-0.05, 0) is 64.4 Å². The third-order valence-corrected chi connectivity index (χ3v) is 9.15. The molecule has 3 rings (SSSR count). The van der Waals surface area contributed by atoms with Gasteiger partial charge in [0.1, 0.15) is 11.8 Å². The second-order valence-electron chi connectivity index (χ2n) is 14.0. The number of carbonyl (C=O) groups excluding carboxylic acids is 4. The van der Waals surface area contributed by atoms with Gasteiger partial charge < -0.3 is 25.8 Å². The molecule has 1 saturated heterocycles. The van der Waals surface area contributed by atoms with Crippen LogP contribution >= 0.6 is 0 Å². The first-order chi connectivity index (χ1) is 20.1. The van der Waals surface area contributed by atoms with Crippen LogP contribution in [0, 0.1) is 17.3 Å². The number of β-amino-alcohol motifs (C(OH)–C–C–N with tert-alkyl or cyclic N) is 1. The van der Waals surface area contributed by atoms with Crippen LogP contribution in [0.1, 0.15) is 79.2 Å². The highest BCUT2D eigenvalue weighted by Gasteiger charge is 2.44. The van der Waals surface area contributed by atoms with E-state index in [0.717, 1.165) is 24.8 Å². The van der Waals surface area contributed by atoms with Crippen molar-refractivity contribution in [2.24, 2.45) is 17.3 Å². The molecule has 0 radical (unpaired) electrons. The number of Topliss-reactive ketones (excluding diaryl/α,β-unsaturated/α-hetero) is 1. The Morgan fingerprint density at radius 2 is 1.63 bits per heavy atom. The zero-order valence-electron chi connectivity index (χ0n) is 26.9. The fourth-order valence-electron chi connectivity index (χ4n) is 6.37. The number of alkyl carbamates (subject to hydrolysis) is 1. The number of benzene rings is 1. The van der Waals surface area contributed by atoms with Crippen molar-refractivity contribution in [2.45, 2.75) is 110 Å². The Morgan fingerprint density at radius 1 is 1.00 bits per heavy atom. The average Bonchev–Trinajstić information content (AvgIpc) is 2.94. The van der Waals surface area contributed by atoms with Crippen molar-refractivity contribution in [2.75, 3.05) is 20.2 Å². The summed E-state index contributed by atoms with van der Waals surface area (Å²) < 4.78 is 4.73. The number of aliphatic hydroxyl groups is 1. The molecular weight excluding hydrogens is 548 g/mol. The average molecular weight is 601 g/mol. The molecule has 3 amide bonds. The molecule has 4 N–H and O–H groups in total. The van der Waals surface area contributed by atoms with Crippen molar-refractivity contribution in [1.29, 1.82) is 0 Å². The van der Waals surface area contributed by atoms with Gasteiger partial charge in [0.2, 0.25) is 11.8 Å². The molecule has 0 bridgehead atoms. The summed E-state index contributed by atoms with van der Waals surface area (Å²) in [6, 6.07) is 7.15. The Bertz CT molecular complexity index is 1120. The highest BCUT2D eigenvalue weighted by atomic mass is 16.5. The lowest BCUT2D eigenvalue weighted by atomic mass is 9.72. The van der Waals surface area contributed by atoms with Gasteiger partial charge in [-0.3, -0.25) is 19.3 Å². The number of ether oxygens (including phenoxy) is 1. The first-order valence-electron chi connectivity index (χ1n) is 15.6. The monoisotopic (exact) mass is 600 g/mol. The molecule has 6 atom stereocenters. The van der Waals surface area contributed by atoms with Gasteiger partial charge in [-0.1, -0.05) is 63.4 Å². The van der Waals surface area contributed by atoms with Gasteiger partial charge in [-0.15, -0.1) is 0 Å². The van der Waals surface area contributed by atoms with Crippen molar-refractivity contribution in [3.05, 3.63) is 35.9 Å². The van der Waals surface area contributed by atoms with Crippen molar-refractivity contribution in [3.63, 3.8) is 0 Å². The van der Waals surface area contributed by atoms with E-state index in [4.69, 9.17) is 4.74 Å². The van der Waals surface area contributed by atoms with E-state index in [1.165, 1.54) is 26.9 Å². The Balaban J connectivity index is 1.89. The number of hydrogen-bond acceptors (Lipinski definition) is 7. The molecule has 2 aliphatic rings. The van der Waals surface area contributed by atoms with Gasteiger partial charge in [-0.25, -0.2) is 4.79 Å². The van der Waals surface area contributed by atoms with Gasteiger partial charge in [0.25, 0.3) is 0 Å². The Hall–Kier alpha value is -2.98. The zero-order chi connectivity index (χ0) is 31.9. The number of ketones is 1. The predicted molar refractivity (Wildman–Crippen MR) is 165 cm³/mol. The minimum atomic E-state index is -1.24. The van der Waals surface area contributed by atoms with Crippen LogP contribution in [0.15, 0.2) is 30.3 Å². The number of rotatable bonds is 11. The number of hydrogen-bond donors (Lipinski definition) is 4. The van der Waals surface area contributed by atoms with Crippen LogP contribution in [0.25, 0.3) is 0 Å². The summed E-state index contributed by atoms with van der Waals surface area (Å²) in [5, 5.41) is 20.4. The number of nitrogens with one attached hydrogen (secondary N) is 3. The van der Waals surface area contributed by atoms with Gasteiger partial charge in [-0.2, -0.15) is 0 Å². The maximum Gasteiger partial charge on any atom is 0.407 e. The van der Waals surface area contributed by atoms with E-state index in [2.05, 4.69) is 20.9 Å². The van der Waals surface area contributed by atoms with Gasteiger partial charge in [0.05, 0.1) is 30.7 Å². The van der Waals surface area contributed by atoms with Crippen LogP contribution in [0.2, 0.25) is 0 Å². The Morgan fingerprint density at radius 3 is 2.21 bits per heavy atom. The number of carbonyl (C=O) groups is 4. The smallest absolute Gasteiger partial charge is 0.407 e. The minimum absolute atomic E-state index is 0.0436. The third-order valence-electron chi connectivity index (χ3n) is 9.15. The van der Waals surface area contributed by atoms with E-state index in [1.54, 1.807) is 13.8 Å². The third kappa shape index (κ3) is 9.50. The van der Waals surface area contributed by atoms with E-state index in [9.17, 15) is 24.3 Å². The van der Waals surface area contributed by atoms with Crippen LogP contribution in [0.3, 0.4) is 0 Å². The second-order valence-corrected chi connectivity index (χ2v) is 14.0. The van der Waals surface area contributed by atoms with E-state index in [0.29, 0.717) is 24.8 Å². The lowest BCUT2D eigenvalue weighted by Crippen LogP contribution is -2.62. The van der Waals surface area contributed by atoms with Crippen LogP contribution in [0.4, 0.5) is 4.79 Å². The second kappa shape index (κ2) is 14.7. The van der Waals surface area contributed by atoms with Gasteiger partial charge in [0, 0.05) is 18.6 Å². The summed E-state index contributed by atoms with van der Waals surface area (Å²) in [6.07, 6.45) is 3.77. The topological polar surface area (TPSA) is 137 Å². The lowest BCUT2D eigenvalue weighted by Gasteiger charge is -2.47. The van der Waals surface area contributed by atoms with E-state index < -0.39 is 35.6 Å². The normalized spacial score (nSPS) is 23.2. The first kappa shape index (κ1) is 34.5. The standard InChI is InChI=1S/C33H52N4O6/c1-21(38)33(5,6)28(35-31(42)43-7)30(41)34-25(17-22-13-9-8-10-14-22)27(39)20-37-19-24-16-12-11-15-23(24)18-26(37)29(40)36-32(2,3)4/h8-10,13-14,23-28,39H,11-12,15-20H2,1-7H3,(H,34,41)(H,35,42)(H,36,40)/t23-,24?,25?,26?,27?,28+/m0/s1. The summed E-state index contributed by atoms with van der Waals surface area (Å²) in [6.45, 7) is 11.3. The molecule has 43 heavy (non-hydrogen) atoms. The van der Waals surface area contributed by atoms with Gasteiger partial charge in [0.15, 0.2) is 0 Å². The summed E-state index contributed by atoms with van der Waals surface area (Å²) in [4.78, 5) is 54.0. The molecule has 0 spiro atoms. The molecule has 1 saturated carbocycles. The number of amides is 3. The summed E-state index contributed by atoms with van der Waals surface area (Å²) in [5.74, 6) is 0.0206. The maximum atomic E-state index is 13.7. The SMILES string of the molecule is COC(=O)N[C@H](C(=O)NC(Cc1ccccc1)C(O)CN1CC2CCCC[C@H]2CC1C(=O)NC(C)(C)C)C(C)(C)C(C)=O. The van der Waals surface area contributed by atoms with Crippen molar-refractivity contribution < 1.29 is 29.0 Å². The largest absolute Gasteiger partial charge is 0.453 e. The first-order valence-corrected chi connectivity index (χ1v) is 15.6. The number of aliphatic hydroxyl groups excluding tert-OH is 1. The fourth-order valence-corrected chi connectivity index (χ4v) is 6.37. The van der Waals surface area contributed by atoms with Crippen LogP contribution < -0.4 is 16.0 Å². The molecule has 4 unspecified atom stereocenters. The Kier molecular flexibility index (Phi) is 11.8. The lowest BCUT2D eigenvalue weighted by molar-refractivity contribution is -0.136. The molecule has 1 aliphatic carbocycles. The molecule has 10 nitrogen and oxygen atoms in total. The van der Waals surface area contributed by atoms with Crippen LogP contribution in [-0.2, 0) is 25.5 Å². The highest BCUT2D eigenvalue weighted by Crippen LogP contribution is 2.39. The summed E-state index contributed by atoms with van der Waals surface area (Å²) in [7, 11) is 1.19. The molecule has 2 fully saturated rings. The zero-order valence-corrected chi connectivity index (χ0v) is 26.9. The molecule has 1 aromatic rings. The van der Waals surface area contributed by atoms with Crippen LogP contribution in [-0.4, -0.2) is 83.7 Å². The van der Waals surface area contributed by atoms with Gasteiger partial charge >= 0.3 is 6.09 Å². The fraction of sp³-hybridized carbons (Fsp3) is 0.697. The van der Waals surface area contributed by atoms with Crippen molar-refractivity contribution in [3.8, 4) is 0 Å². The van der Waals surface area contributed by atoms with Crippen molar-refractivity contribution in [1.82, 2.24) is 20.9 Å². The van der Waals surface area contributed by atoms with Crippen LogP contribution in [0.5, 0.6) is 0 Å². The maximum absolute atomic E-state index is 13.7. The minimum Gasteiger partial charge on any atom is -0.453 e. The van der Waals surface area contributed by atoms with E-state index in [-0.39, 0.29) is 29.8 Å². The number of piperidine rings is 1. The molecule has 0 aromatic heterocycles.